The maximum Gasteiger partial charge on any atom is 0.236 e. The molecule has 1 unspecified atom stereocenters. The predicted molar refractivity (Wildman–Crippen MR) is 51.0 cm³/mol. The van der Waals surface area contributed by atoms with Crippen LogP contribution in [0.15, 0.2) is 0 Å². The topological polar surface area (TPSA) is 7.60 Å². The molecule has 1 atom stereocenters. The van der Waals surface area contributed by atoms with Crippen molar-refractivity contribution in [3.05, 3.63) is 11.4 Å². The number of nitrogens with zero attached hydrogens (tertiary/aromatic N) is 2. The molecule has 1 aliphatic rings. The van der Waals surface area contributed by atoms with Gasteiger partial charge in [0.05, 0.1) is 6.54 Å². The molecule has 0 bridgehead atoms. The van der Waals surface area contributed by atoms with Crippen molar-refractivity contribution in [3.63, 3.8) is 0 Å². The average molecular weight is 166 g/mol. The molecule has 1 heterocycles. The van der Waals surface area contributed by atoms with E-state index in [1.54, 1.807) is 0 Å². The third-order valence-electron chi connectivity index (χ3n) is 2.53. The maximum atomic E-state index is 6.99. The zero-order chi connectivity index (χ0) is 9.19. The number of hydrogen-bond donors (Lipinski definition) is 0. The Bertz CT molecular complexity index is 185. The number of rotatable bonds is 0. The second-order valence-electron chi connectivity index (χ2n) is 4.54. The quantitative estimate of drug-likeness (QED) is 0.500. The van der Waals surface area contributed by atoms with E-state index in [0.29, 0.717) is 0 Å². The third-order valence-corrected chi connectivity index (χ3v) is 2.53. The van der Waals surface area contributed by atoms with Crippen LogP contribution in [-0.2, 0) is 0 Å². The van der Waals surface area contributed by atoms with Gasteiger partial charge in [-0.3, -0.25) is 4.90 Å². The van der Waals surface area contributed by atoms with Gasteiger partial charge in [-0.25, -0.2) is 6.57 Å². The highest BCUT2D eigenvalue weighted by atomic mass is 15.2. The molecule has 0 saturated carbocycles. The van der Waals surface area contributed by atoms with E-state index >= 15 is 0 Å². The summed E-state index contributed by atoms with van der Waals surface area (Å²) in [4.78, 5) is 6.04. The van der Waals surface area contributed by atoms with Gasteiger partial charge < -0.3 is 4.85 Å². The minimum Gasteiger partial charge on any atom is -0.312 e. The molecule has 0 aliphatic carbocycles. The van der Waals surface area contributed by atoms with Crippen LogP contribution in [0.25, 0.3) is 4.85 Å². The Balaban J connectivity index is 2.53. The minimum atomic E-state index is 0.239. The lowest BCUT2D eigenvalue weighted by atomic mass is 9.99. The Labute approximate surface area is 75.4 Å². The first-order chi connectivity index (χ1) is 5.54. The molecule has 1 saturated heterocycles. The first-order valence-electron chi connectivity index (χ1n) is 4.65. The molecule has 2 nitrogen and oxygen atoms in total. The second-order valence-corrected chi connectivity index (χ2v) is 4.54. The molecule has 2 heteroatoms. The molecule has 0 aromatic carbocycles. The van der Waals surface area contributed by atoms with Crippen molar-refractivity contribution >= 4 is 0 Å². The van der Waals surface area contributed by atoms with Crippen LogP contribution in [0.1, 0.15) is 33.6 Å². The summed E-state index contributed by atoms with van der Waals surface area (Å²) in [6, 6.07) is 0.248. The van der Waals surface area contributed by atoms with Gasteiger partial charge in [0.2, 0.25) is 6.04 Å². The van der Waals surface area contributed by atoms with E-state index in [4.69, 9.17) is 6.57 Å². The molecule has 0 spiro atoms. The second kappa shape index (κ2) is 3.45. The fourth-order valence-corrected chi connectivity index (χ4v) is 1.67. The van der Waals surface area contributed by atoms with Crippen LogP contribution in [0, 0.1) is 6.57 Å². The summed E-state index contributed by atoms with van der Waals surface area (Å²) < 4.78 is 0. The van der Waals surface area contributed by atoms with E-state index in [2.05, 4.69) is 30.5 Å². The summed E-state index contributed by atoms with van der Waals surface area (Å²) in [5.41, 5.74) is 0.239. The maximum absolute atomic E-state index is 6.99. The lowest BCUT2D eigenvalue weighted by molar-refractivity contribution is 0.107. The fourth-order valence-electron chi connectivity index (χ4n) is 1.67. The highest BCUT2D eigenvalue weighted by Crippen LogP contribution is 2.21. The molecule has 0 radical (unpaired) electrons. The number of likely N-dealkylation sites (tertiary alicyclic amines) is 1. The van der Waals surface area contributed by atoms with Crippen molar-refractivity contribution in [1.29, 1.82) is 0 Å². The van der Waals surface area contributed by atoms with Crippen LogP contribution in [0.4, 0.5) is 0 Å². The molecule has 68 valence electrons. The molecule has 0 aromatic heterocycles. The molecule has 12 heavy (non-hydrogen) atoms. The molecule has 0 amide bonds. The molecule has 1 fully saturated rings. The van der Waals surface area contributed by atoms with Gasteiger partial charge in [-0.2, -0.15) is 0 Å². The van der Waals surface area contributed by atoms with Crippen LogP contribution in [-0.4, -0.2) is 29.6 Å². The fraction of sp³-hybridized carbons (Fsp3) is 0.900. The molecule has 1 aliphatic heterocycles. The van der Waals surface area contributed by atoms with Crippen LogP contribution in [0.3, 0.4) is 0 Å². The Kier molecular flexibility index (Phi) is 2.74. The van der Waals surface area contributed by atoms with Crippen molar-refractivity contribution in [2.24, 2.45) is 0 Å². The smallest absolute Gasteiger partial charge is 0.236 e. The zero-order valence-electron chi connectivity index (χ0n) is 8.30. The van der Waals surface area contributed by atoms with E-state index in [9.17, 15) is 0 Å². The summed E-state index contributed by atoms with van der Waals surface area (Å²) >= 11 is 0. The normalized spacial score (nSPS) is 26.7. The largest absolute Gasteiger partial charge is 0.312 e. The monoisotopic (exact) mass is 166 g/mol. The predicted octanol–water partition coefficient (Wildman–Crippen LogP) is 2.17. The van der Waals surface area contributed by atoms with Gasteiger partial charge in [-0.1, -0.05) is 0 Å². The molecule has 0 aromatic rings. The lowest BCUT2D eigenvalue weighted by Crippen LogP contribution is -2.48. The van der Waals surface area contributed by atoms with Crippen LogP contribution in [0.2, 0.25) is 0 Å². The number of piperidine rings is 1. The minimum absolute atomic E-state index is 0.239. The van der Waals surface area contributed by atoms with Gasteiger partial charge in [0.1, 0.15) is 0 Å². The molecular formula is C10H18N2. The highest BCUT2D eigenvalue weighted by molar-refractivity contribution is 4.90. The van der Waals surface area contributed by atoms with E-state index in [0.717, 1.165) is 19.5 Å². The van der Waals surface area contributed by atoms with Crippen LogP contribution in [0.5, 0.6) is 0 Å². The van der Waals surface area contributed by atoms with E-state index in [-0.39, 0.29) is 11.6 Å². The Morgan fingerprint density at radius 1 is 1.42 bits per heavy atom. The van der Waals surface area contributed by atoms with Gasteiger partial charge in [0, 0.05) is 12.0 Å². The Morgan fingerprint density at radius 3 is 2.58 bits per heavy atom. The van der Waals surface area contributed by atoms with Crippen molar-refractivity contribution in [1.82, 2.24) is 4.90 Å². The van der Waals surface area contributed by atoms with Gasteiger partial charge in [-0.05, 0) is 33.7 Å². The van der Waals surface area contributed by atoms with Crippen molar-refractivity contribution in [3.8, 4) is 0 Å². The van der Waals surface area contributed by atoms with Crippen molar-refractivity contribution in [2.75, 3.05) is 13.1 Å². The third kappa shape index (κ3) is 2.22. The molecular weight excluding hydrogens is 148 g/mol. The van der Waals surface area contributed by atoms with Gasteiger partial charge >= 0.3 is 0 Å². The van der Waals surface area contributed by atoms with Crippen LogP contribution < -0.4 is 0 Å². The molecule has 0 N–H and O–H groups in total. The van der Waals surface area contributed by atoms with Gasteiger partial charge in [0.15, 0.2) is 0 Å². The van der Waals surface area contributed by atoms with Crippen molar-refractivity contribution < 1.29 is 0 Å². The molecule has 1 rings (SSSR count). The summed E-state index contributed by atoms with van der Waals surface area (Å²) in [7, 11) is 0. The number of hydrogen-bond acceptors (Lipinski definition) is 1. The summed E-state index contributed by atoms with van der Waals surface area (Å²) in [5.74, 6) is 0. The van der Waals surface area contributed by atoms with E-state index in [1.165, 1.54) is 6.42 Å². The van der Waals surface area contributed by atoms with E-state index < -0.39 is 0 Å². The summed E-state index contributed by atoms with van der Waals surface area (Å²) in [6.07, 6.45) is 2.28. The average Bonchev–Trinajstić information content (AvgIpc) is 2.03. The van der Waals surface area contributed by atoms with Crippen LogP contribution >= 0.6 is 0 Å². The Hall–Kier alpha value is -0.550. The van der Waals surface area contributed by atoms with Crippen molar-refractivity contribution in [2.45, 2.75) is 45.2 Å². The zero-order valence-corrected chi connectivity index (χ0v) is 8.30. The highest BCUT2D eigenvalue weighted by Gasteiger charge is 2.30. The van der Waals surface area contributed by atoms with Gasteiger partial charge in [-0.15, -0.1) is 0 Å². The van der Waals surface area contributed by atoms with E-state index in [1.807, 2.05) is 0 Å². The Morgan fingerprint density at radius 2 is 2.08 bits per heavy atom. The first kappa shape index (κ1) is 9.54. The van der Waals surface area contributed by atoms with Gasteiger partial charge in [0.25, 0.3) is 0 Å². The summed E-state index contributed by atoms with van der Waals surface area (Å²) in [6.45, 7) is 15.8. The summed E-state index contributed by atoms with van der Waals surface area (Å²) in [5, 5.41) is 0. The first-order valence-corrected chi connectivity index (χ1v) is 4.65. The standard InChI is InChI=1S/C10H18N2/c1-10(2,3)12-7-5-6-9(8-12)11-4/h9H,5-8H2,1-3H3. The SMILES string of the molecule is [C-]#[N+]C1CCCN(C(C)(C)C)C1. The lowest BCUT2D eigenvalue weighted by Gasteiger charge is -2.38.